The number of nitrogens with two attached hydrogens (primary N) is 1. The molecular weight excluding hydrogens is 355 g/mol. The highest BCUT2D eigenvalue weighted by atomic mass is 32.2. The normalized spacial score (nSPS) is 12.8. The van der Waals surface area contributed by atoms with E-state index in [9.17, 15) is 18.0 Å². The maximum atomic E-state index is 12.6. The minimum atomic E-state index is -4.69. The van der Waals surface area contributed by atoms with Crippen molar-refractivity contribution in [3.63, 3.8) is 0 Å². The maximum absolute atomic E-state index is 12.6. The number of hydrogen-bond donors (Lipinski definition) is 2. The summed E-state index contributed by atoms with van der Waals surface area (Å²) in [5, 5.41) is 9.10. The number of nitrogen functional groups attached to an aromatic ring is 1. The Morgan fingerprint density at radius 3 is 2.56 bits per heavy atom. The van der Waals surface area contributed by atoms with Crippen molar-refractivity contribution in [2.75, 3.05) is 11.6 Å². The number of nitrogens with one attached hydrogen (secondary N) is 1. The molecule has 0 fully saturated rings. The first-order valence-corrected chi connectivity index (χ1v) is 8.56. The summed E-state index contributed by atoms with van der Waals surface area (Å²) in [6.07, 6.45) is -3.06. The van der Waals surface area contributed by atoms with Gasteiger partial charge < -0.3 is 11.2 Å². The highest BCUT2D eigenvalue weighted by Gasteiger charge is 2.38. The Kier molecular flexibility index (Phi) is 6.29. The fraction of sp³-hybridized carbons (Fsp3) is 0.400. The zero-order valence-corrected chi connectivity index (χ0v) is 14.3. The van der Waals surface area contributed by atoms with Gasteiger partial charge in [0, 0.05) is 0 Å². The highest BCUT2D eigenvalue weighted by molar-refractivity contribution is 7.99. The highest BCUT2D eigenvalue weighted by Crippen LogP contribution is 2.28. The van der Waals surface area contributed by atoms with Gasteiger partial charge in [-0.05, 0) is 12.0 Å². The minimum Gasteiger partial charge on any atom is -0.349 e. The molecule has 0 aliphatic heterocycles. The van der Waals surface area contributed by atoms with Crippen molar-refractivity contribution in [2.24, 2.45) is 0 Å². The number of carbonyl (C=O) groups is 1. The number of carbonyl (C=O) groups excluding carboxylic acids is 1. The van der Waals surface area contributed by atoms with Crippen molar-refractivity contribution >= 4 is 17.7 Å². The van der Waals surface area contributed by atoms with Gasteiger partial charge in [-0.2, -0.15) is 13.2 Å². The summed E-state index contributed by atoms with van der Waals surface area (Å²) < 4.78 is 38.2. The molecule has 0 bridgehead atoms. The third-order valence-electron chi connectivity index (χ3n) is 3.36. The molecule has 0 saturated heterocycles. The Labute approximate surface area is 147 Å². The second kappa shape index (κ2) is 8.24. The Morgan fingerprint density at radius 1 is 1.32 bits per heavy atom. The first-order chi connectivity index (χ1) is 11.8. The van der Waals surface area contributed by atoms with Crippen LogP contribution in [0.2, 0.25) is 0 Å². The van der Waals surface area contributed by atoms with E-state index in [0.717, 1.165) is 30.2 Å². The van der Waals surface area contributed by atoms with Gasteiger partial charge in [0.05, 0.1) is 11.8 Å². The number of nitrogens with zero attached hydrogens (tertiary/aromatic N) is 3. The van der Waals surface area contributed by atoms with Crippen molar-refractivity contribution in [3.8, 4) is 0 Å². The third kappa shape index (κ3) is 5.12. The molecule has 25 heavy (non-hydrogen) atoms. The predicted octanol–water partition coefficient (Wildman–Crippen LogP) is 2.76. The summed E-state index contributed by atoms with van der Waals surface area (Å²) in [6, 6.07) is 9.33. The number of rotatable bonds is 7. The second-order valence-corrected chi connectivity index (χ2v) is 6.22. The molecule has 0 unspecified atom stereocenters. The van der Waals surface area contributed by atoms with Crippen molar-refractivity contribution in [1.82, 2.24) is 20.2 Å². The van der Waals surface area contributed by atoms with Crippen molar-refractivity contribution in [1.29, 1.82) is 0 Å². The Morgan fingerprint density at radius 2 is 2.00 bits per heavy atom. The molecule has 136 valence electrons. The van der Waals surface area contributed by atoms with Crippen LogP contribution in [0.5, 0.6) is 0 Å². The van der Waals surface area contributed by atoms with E-state index in [-0.39, 0.29) is 22.9 Å². The number of benzene rings is 1. The fourth-order valence-corrected chi connectivity index (χ4v) is 2.90. The molecule has 0 spiro atoms. The average molecular weight is 373 g/mol. The zero-order valence-electron chi connectivity index (χ0n) is 13.5. The second-order valence-electron chi connectivity index (χ2n) is 5.28. The van der Waals surface area contributed by atoms with E-state index in [0.29, 0.717) is 4.68 Å². The van der Waals surface area contributed by atoms with E-state index in [1.54, 1.807) is 0 Å². The van der Waals surface area contributed by atoms with Crippen molar-refractivity contribution in [2.45, 2.75) is 37.1 Å². The Hall–Kier alpha value is -2.23. The summed E-state index contributed by atoms with van der Waals surface area (Å²) in [7, 11) is 0. The standard InChI is InChI=1S/C15H18F3N5OS/c1-2-6-11(10-7-4-3-5-8-10)20-12(24)9-25-14-22-21-13(23(14)19)15(16,17)18/h3-5,7-8,11H,2,6,9,19H2,1H3,(H,20,24)/t11-/m1/s1. The lowest BCUT2D eigenvalue weighted by molar-refractivity contribution is -0.146. The molecule has 0 saturated carbocycles. The first kappa shape index (κ1) is 19.1. The van der Waals surface area contributed by atoms with Crippen LogP contribution in [0.3, 0.4) is 0 Å². The number of hydrogen-bond acceptors (Lipinski definition) is 5. The Bertz CT molecular complexity index is 705. The lowest BCUT2D eigenvalue weighted by Gasteiger charge is -2.18. The van der Waals surface area contributed by atoms with E-state index >= 15 is 0 Å². The summed E-state index contributed by atoms with van der Waals surface area (Å²) in [5.74, 6) is 3.61. The molecule has 1 aromatic heterocycles. The van der Waals surface area contributed by atoms with Crippen LogP contribution in [-0.4, -0.2) is 26.5 Å². The van der Waals surface area contributed by atoms with E-state index < -0.39 is 12.0 Å². The summed E-state index contributed by atoms with van der Waals surface area (Å²) in [4.78, 5) is 12.1. The van der Waals surface area contributed by atoms with Gasteiger partial charge in [-0.15, -0.1) is 10.2 Å². The largest absolute Gasteiger partial charge is 0.453 e. The van der Waals surface area contributed by atoms with Crippen LogP contribution in [-0.2, 0) is 11.0 Å². The topological polar surface area (TPSA) is 85.8 Å². The maximum Gasteiger partial charge on any atom is 0.453 e. The molecule has 2 rings (SSSR count). The van der Waals surface area contributed by atoms with Gasteiger partial charge in [-0.25, -0.2) is 4.68 Å². The molecule has 1 atom stereocenters. The molecule has 1 heterocycles. The zero-order chi connectivity index (χ0) is 18.4. The van der Waals surface area contributed by atoms with Crippen LogP contribution < -0.4 is 11.2 Å². The SMILES string of the molecule is CCC[C@@H](NC(=O)CSc1nnc(C(F)(F)F)n1N)c1ccccc1. The summed E-state index contributed by atoms with van der Waals surface area (Å²) in [5.41, 5.74) is 0.976. The van der Waals surface area contributed by atoms with Crippen LogP contribution in [0, 0.1) is 0 Å². The third-order valence-corrected chi connectivity index (χ3v) is 4.31. The number of thioether (sulfide) groups is 1. The number of halogens is 3. The van der Waals surface area contributed by atoms with Gasteiger partial charge in [0.2, 0.25) is 11.1 Å². The van der Waals surface area contributed by atoms with Crippen LogP contribution in [0.4, 0.5) is 13.2 Å². The average Bonchev–Trinajstić information content (AvgIpc) is 2.94. The molecule has 0 radical (unpaired) electrons. The van der Waals surface area contributed by atoms with Crippen LogP contribution >= 0.6 is 11.8 Å². The predicted molar refractivity (Wildman–Crippen MR) is 88.1 cm³/mol. The number of aromatic nitrogens is 3. The molecule has 2 aromatic rings. The van der Waals surface area contributed by atoms with Gasteiger partial charge in [0.25, 0.3) is 5.82 Å². The van der Waals surface area contributed by atoms with Crippen molar-refractivity contribution in [3.05, 3.63) is 41.7 Å². The van der Waals surface area contributed by atoms with E-state index in [1.807, 2.05) is 37.3 Å². The van der Waals surface area contributed by atoms with Crippen LogP contribution in [0.1, 0.15) is 37.2 Å². The smallest absolute Gasteiger partial charge is 0.349 e. The van der Waals surface area contributed by atoms with Gasteiger partial charge in [0.1, 0.15) is 0 Å². The lowest BCUT2D eigenvalue weighted by Crippen LogP contribution is -2.30. The van der Waals surface area contributed by atoms with Crippen LogP contribution in [0.15, 0.2) is 35.5 Å². The molecule has 10 heteroatoms. The number of amides is 1. The molecule has 0 aliphatic rings. The van der Waals surface area contributed by atoms with Gasteiger partial charge in [-0.3, -0.25) is 4.79 Å². The van der Waals surface area contributed by atoms with E-state index in [2.05, 4.69) is 15.5 Å². The lowest BCUT2D eigenvalue weighted by atomic mass is 10.0. The molecule has 3 N–H and O–H groups in total. The number of alkyl halides is 3. The molecule has 1 aromatic carbocycles. The Balaban J connectivity index is 1.97. The molecular formula is C15H18F3N5OS. The van der Waals surface area contributed by atoms with Gasteiger partial charge in [-0.1, -0.05) is 55.4 Å². The summed E-state index contributed by atoms with van der Waals surface area (Å²) >= 11 is 0.800. The van der Waals surface area contributed by atoms with Gasteiger partial charge >= 0.3 is 6.18 Å². The quantitative estimate of drug-likeness (QED) is 0.576. The fourth-order valence-electron chi connectivity index (χ4n) is 2.23. The monoisotopic (exact) mass is 373 g/mol. The summed E-state index contributed by atoms with van der Waals surface area (Å²) in [6.45, 7) is 2.01. The first-order valence-electron chi connectivity index (χ1n) is 7.57. The van der Waals surface area contributed by atoms with E-state index in [1.165, 1.54) is 0 Å². The molecule has 6 nitrogen and oxygen atoms in total. The van der Waals surface area contributed by atoms with Crippen LogP contribution in [0.25, 0.3) is 0 Å². The van der Waals surface area contributed by atoms with Crippen molar-refractivity contribution < 1.29 is 18.0 Å². The molecule has 0 aliphatic carbocycles. The molecule has 1 amide bonds. The minimum absolute atomic E-state index is 0.111. The van der Waals surface area contributed by atoms with Gasteiger partial charge in [0.15, 0.2) is 0 Å². The van der Waals surface area contributed by atoms with E-state index in [4.69, 9.17) is 5.84 Å².